The number of nitrogens with zero attached hydrogens (tertiary/aromatic N) is 2. The van der Waals surface area contributed by atoms with Gasteiger partial charge in [-0.1, -0.05) is 29.3 Å². The van der Waals surface area contributed by atoms with Crippen molar-refractivity contribution in [1.82, 2.24) is 9.55 Å². The Labute approximate surface area is 116 Å². The van der Waals surface area contributed by atoms with E-state index in [4.69, 9.17) is 28.3 Å². The highest BCUT2D eigenvalue weighted by atomic mass is 35.5. The van der Waals surface area contributed by atoms with Gasteiger partial charge in [0.2, 0.25) is 0 Å². The highest BCUT2D eigenvalue weighted by Gasteiger charge is 2.26. The average molecular weight is 307 g/mol. The average Bonchev–Trinajstić information content (AvgIpc) is 2.73. The van der Waals surface area contributed by atoms with Crippen LogP contribution in [-0.4, -0.2) is 20.6 Å². The second-order valence-electron chi connectivity index (χ2n) is 3.52. The molecular weight excluding hydrogens is 301 g/mol. The van der Waals surface area contributed by atoms with Crippen LogP contribution in [0, 0.1) is 0 Å². The number of aromatic nitrogens is 2. The van der Waals surface area contributed by atoms with Crippen LogP contribution in [0.15, 0.2) is 24.5 Å². The minimum absolute atomic E-state index is 0.0705. The van der Waals surface area contributed by atoms with E-state index >= 15 is 0 Å². The Morgan fingerprint density at radius 1 is 1.32 bits per heavy atom. The molecule has 0 unspecified atom stereocenters. The molecule has 0 fully saturated rings. The van der Waals surface area contributed by atoms with Gasteiger partial charge < -0.3 is 5.11 Å². The topological polar surface area (TPSA) is 55.1 Å². The summed E-state index contributed by atoms with van der Waals surface area (Å²) in [5.74, 6) is -1.54. The molecule has 1 aromatic heterocycles. The van der Waals surface area contributed by atoms with Crippen LogP contribution in [0.4, 0.5) is 8.78 Å². The van der Waals surface area contributed by atoms with Crippen molar-refractivity contribution in [3.05, 3.63) is 46.0 Å². The number of benzene rings is 1. The van der Waals surface area contributed by atoms with Crippen LogP contribution in [0.3, 0.4) is 0 Å². The predicted molar refractivity (Wildman–Crippen MR) is 65.5 cm³/mol. The molecule has 0 atom stereocenters. The van der Waals surface area contributed by atoms with E-state index in [1.807, 2.05) is 0 Å². The van der Waals surface area contributed by atoms with E-state index in [0.717, 1.165) is 10.9 Å². The van der Waals surface area contributed by atoms with Gasteiger partial charge in [0, 0.05) is 0 Å². The van der Waals surface area contributed by atoms with Crippen LogP contribution in [0.5, 0.6) is 0 Å². The van der Waals surface area contributed by atoms with E-state index in [-0.39, 0.29) is 15.7 Å². The number of carboxylic acid groups (broad SMARTS) is 1. The molecule has 4 nitrogen and oxygen atoms in total. The number of imidazole rings is 1. The zero-order valence-corrected chi connectivity index (χ0v) is 10.7. The van der Waals surface area contributed by atoms with Crippen molar-refractivity contribution in [2.45, 2.75) is 6.43 Å². The molecule has 0 radical (unpaired) electrons. The lowest BCUT2D eigenvalue weighted by Gasteiger charge is -2.11. The molecule has 0 bridgehead atoms. The summed E-state index contributed by atoms with van der Waals surface area (Å²) < 4.78 is 26.9. The maximum Gasteiger partial charge on any atom is 0.356 e. The molecule has 1 heterocycles. The van der Waals surface area contributed by atoms with E-state index < -0.39 is 23.8 Å². The zero-order valence-electron chi connectivity index (χ0n) is 9.15. The van der Waals surface area contributed by atoms with Gasteiger partial charge in [-0.15, -0.1) is 0 Å². The Morgan fingerprint density at radius 3 is 2.37 bits per heavy atom. The molecule has 100 valence electrons. The molecule has 2 rings (SSSR count). The Balaban J connectivity index is 2.73. The SMILES string of the molecule is O=C(O)c1ncn(-c2c(Cl)cccc2Cl)c1C(F)F. The largest absolute Gasteiger partial charge is 0.476 e. The van der Waals surface area contributed by atoms with Crippen LogP contribution in [0.25, 0.3) is 5.69 Å². The second-order valence-corrected chi connectivity index (χ2v) is 4.34. The van der Waals surface area contributed by atoms with Crippen molar-refractivity contribution in [1.29, 1.82) is 0 Å². The fourth-order valence-electron chi connectivity index (χ4n) is 1.63. The molecule has 1 N–H and O–H groups in total. The molecule has 0 aliphatic carbocycles. The smallest absolute Gasteiger partial charge is 0.356 e. The molecule has 0 amide bonds. The number of hydrogen-bond acceptors (Lipinski definition) is 2. The summed E-state index contributed by atoms with van der Waals surface area (Å²) in [6.07, 6.45) is -2.07. The minimum Gasteiger partial charge on any atom is -0.476 e. The molecule has 19 heavy (non-hydrogen) atoms. The first kappa shape index (κ1) is 13.8. The van der Waals surface area contributed by atoms with Gasteiger partial charge in [-0.3, -0.25) is 4.57 Å². The Morgan fingerprint density at radius 2 is 1.89 bits per heavy atom. The predicted octanol–water partition coefficient (Wildman–Crippen LogP) is 3.81. The van der Waals surface area contributed by atoms with Crippen molar-refractivity contribution < 1.29 is 18.7 Å². The maximum absolute atomic E-state index is 13.0. The third-order valence-corrected chi connectivity index (χ3v) is 3.00. The molecular formula is C11H6Cl2F2N2O2. The number of para-hydroxylation sites is 1. The number of rotatable bonds is 3. The molecule has 0 saturated heterocycles. The Hall–Kier alpha value is -1.66. The van der Waals surface area contributed by atoms with Crippen LogP contribution < -0.4 is 0 Å². The Bertz CT molecular complexity index is 623. The van der Waals surface area contributed by atoms with E-state index in [2.05, 4.69) is 4.98 Å². The molecule has 0 spiro atoms. The summed E-state index contributed by atoms with van der Waals surface area (Å²) in [6.45, 7) is 0. The number of hydrogen-bond donors (Lipinski definition) is 1. The van der Waals surface area contributed by atoms with Gasteiger partial charge in [0.15, 0.2) is 5.69 Å². The lowest BCUT2D eigenvalue weighted by Crippen LogP contribution is -2.07. The van der Waals surface area contributed by atoms with E-state index in [0.29, 0.717) is 0 Å². The van der Waals surface area contributed by atoms with Crippen molar-refractivity contribution in [2.24, 2.45) is 0 Å². The number of halogens is 4. The second kappa shape index (κ2) is 5.14. The summed E-state index contributed by atoms with van der Waals surface area (Å²) >= 11 is 11.8. The van der Waals surface area contributed by atoms with Crippen LogP contribution >= 0.6 is 23.2 Å². The van der Waals surface area contributed by atoms with E-state index in [9.17, 15) is 13.6 Å². The summed E-state index contributed by atoms with van der Waals surface area (Å²) in [5, 5.41) is 9.07. The number of carboxylic acids is 1. The molecule has 8 heteroatoms. The lowest BCUT2D eigenvalue weighted by molar-refractivity contribution is 0.0676. The fraction of sp³-hybridized carbons (Fsp3) is 0.0909. The summed E-state index contributed by atoms with van der Waals surface area (Å²) in [6, 6.07) is 4.46. The first-order valence-electron chi connectivity index (χ1n) is 4.96. The van der Waals surface area contributed by atoms with Crippen molar-refractivity contribution >= 4 is 29.2 Å². The summed E-state index contributed by atoms with van der Waals surface area (Å²) in [5.41, 5.74) is -1.42. The van der Waals surface area contributed by atoms with E-state index in [1.54, 1.807) is 6.07 Å². The monoisotopic (exact) mass is 306 g/mol. The minimum atomic E-state index is -3.03. The van der Waals surface area contributed by atoms with Gasteiger partial charge >= 0.3 is 5.97 Å². The van der Waals surface area contributed by atoms with E-state index in [1.165, 1.54) is 12.1 Å². The van der Waals surface area contributed by atoms with Crippen LogP contribution in [-0.2, 0) is 0 Å². The number of carbonyl (C=O) groups is 1. The molecule has 1 aromatic carbocycles. The number of aromatic carboxylic acids is 1. The lowest BCUT2D eigenvalue weighted by atomic mass is 10.2. The maximum atomic E-state index is 13.0. The highest BCUT2D eigenvalue weighted by Crippen LogP contribution is 2.33. The van der Waals surface area contributed by atoms with Gasteiger partial charge in [0.05, 0.1) is 15.7 Å². The van der Waals surface area contributed by atoms with Gasteiger partial charge in [0.1, 0.15) is 12.0 Å². The molecule has 0 aliphatic rings. The number of alkyl halides is 2. The summed E-state index contributed by atoms with van der Waals surface area (Å²) in [7, 11) is 0. The van der Waals surface area contributed by atoms with Crippen molar-refractivity contribution in [3.8, 4) is 5.69 Å². The molecule has 0 aliphatic heterocycles. The first-order chi connectivity index (χ1) is 8.93. The zero-order chi connectivity index (χ0) is 14.2. The van der Waals surface area contributed by atoms with Crippen LogP contribution in [0.1, 0.15) is 22.6 Å². The van der Waals surface area contributed by atoms with Crippen molar-refractivity contribution in [3.63, 3.8) is 0 Å². The standard InChI is InChI=1S/C11H6Cl2F2N2O2/c12-5-2-1-3-6(13)8(5)17-4-16-7(11(18)19)9(17)10(14)15/h1-4,10H,(H,18,19). The van der Waals surface area contributed by atoms with Gasteiger partial charge in [-0.25, -0.2) is 18.6 Å². The normalized spacial score (nSPS) is 11.0. The summed E-state index contributed by atoms with van der Waals surface area (Å²) in [4.78, 5) is 14.3. The third kappa shape index (κ3) is 2.41. The highest BCUT2D eigenvalue weighted by molar-refractivity contribution is 6.37. The molecule has 2 aromatic rings. The van der Waals surface area contributed by atoms with Gasteiger partial charge in [0.25, 0.3) is 6.43 Å². The fourth-order valence-corrected chi connectivity index (χ4v) is 2.21. The van der Waals surface area contributed by atoms with Crippen LogP contribution in [0.2, 0.25) is 10.0 Å². The molecule has 0 saturated carbocycles. The Kier molecular flexibility index (Phi) is 3.73. The van der Waals surface area contributed by atoms with Crippen molar-refractivity contribution in [2.75, 3.05) is 0 Å². The quantitative estimate of drug-likeness (QED) is 0.938. The van der Waals surface area contributed by atoms with Gasteiger partial charge in [-0.05, 0) is 12.1 Å². The third-order valence-electron chi connectivity index (χ3n) is 2.39. The first-order valence-corrected chi connectivity index (χ1v) is 5.72. The van der Waals surface area contributed by atoms with Gasteiger partial charge in [-0.2, -0.15) is 0 Å².